The van der Waals surface area contributed by atoms with E-state index < -0.39 is 23.6 Å². The minimum Gasteiger partial charge on any atom is -0.376 e. The molecule has 0 bridgehead atoms. The van der Waals surface area contributed by atoms with Crippen LogP contribution < -0.4 is 11.2 Å². The molecule has 3 atom stereocenters. The third-order valence-electron chi connectivity index (χ3n) is 7.30. The Morgan fingerprint density at radius 1 is 0.872 bits per heavy atom. The topological polar surface area (TPSA) is 82.6 Å². The maximum absolute atomic E-state index is 12.7. The van der Waals surface area contributed by atoms with Gasteiger partial charge in [0.15, 0.2) is 0 Å². The van der Waals surface area contributed by atoms with Crippen molar-refractivity contribution < 1.29 is 14.2 Å². The second-order valence-electron chi connectivity index (χ2n) is 9.62. The van der Waals surface area contributed by atoms with Gasteiger partial charge >= 0.3 is 5.69 Å². The maximum Gasteiger partial charge on any atom is 0.330 e. The summed E-state index contributed by atoms with van der Waals surface area (Å²) in [5.74, 6) is 0. The summed E-state index contributed by atoms with van der Waals surface area (Å²) in [6, 6.07) is 30.5. The van der Waals surface area contributed by atoms with Gasteiger partial charge in [0.2, 0.25) is 0 Å². The number of hydrogen-bond acceptors (Lipinski definition) is 5. The minimum atomic E-state index is -0.897. The van der Waals surface area contributed by atoms with Gasteiger partial charge in [-0.15, -0.1) is 0 Å². The number of hydrogen-bond donors (Lipinski definition) is 1. The van der Waals surface area contributed by atoms with Crippen molar-refractivity contribution in [2.45, 2.75) is 50.7 Å². The zero-order valence-corrected chi connectivity index (χ0v) is 22.3. The Labute approximate surface area is 228 Å². The van der Waals surface area contributed by atoms with Gasteiger partial charge in [-0.3, -0.25) is 14.3 Å². The largest absolute Gasteiger partial charge is 0.376 e. The lowest BCUT2D eigenvalue weighted by molar-refractivity contribution is -0.103. The molecule has 1 fully saturated rings. The van der Waals surface area contributed by atoms with Crippen LogP contribution in [0.3, 0.4) is 0 Å². The van der Waals surface area contributed by atoms with E-state index in [0.717, 1.165) is 16.7 Å². The predicted molar refractivity (Wildman–Crippen MR) is 150 cm³/mol. The molecule has 1 saturated heterocycles. The van der Waals surface area contributed by atoms with Crippen molar-refractivity contribution in [2.75, 3.05) is 13.2 Å². The molecule has 3 aromatic carbocycles. The number of benzene rings is 3. The molecule has 1 aliphatic heterocycles. The lowest BCUT2D eigenvalue weighted by Crippen LogP contribution is -2.38. The third-order valence-corrected chi connectivity index (χ3v) is 7.30. The number of aryl methyl sites for hydroxylation is 1. The number of ether oxygens (including phenoxy) is 3. The van der Waals surface area contributed by atoms with Gasteiger partial charge in [-0.25, -0.2) is 4.79 Å². The molecule has 0 spiro atoms. The van der Waals surface area contributed by atoms with Crippen LogP contribution in [0.4, 0.5) is 0 Å². The van der Waals surface area contributed by atoms with Gasteiger partial charge in [-0.05, 0) is 30.0 Å². The standard InChI is InChI=1S/C32H34N2O5/c1-3-23-21-34(31(36)33-30(23)35)29-20-27(37-4-2)28(39-29)22-38-32(24-14-8-5-9-15-24,25-16-10-6-11-17-25)26-18-12-7-13-19-26/h5-19,21,27-29H,3-4,20,22H2,1-2H3,(H,33,35,36)/t27?,28-,29-/m0/s1. The summed E-state index contributed by atoms with van der Waals surface area (Å²) in [5, 5.41) is 0. The normalized spacial score (nSPS) is 19.3. The molecule has 202 valence electrons. The van der Waals surface area contributed by atoms with Crippen molar-refractivity contribution in [2.24, 2.45) is 0 Å². The highest BCUT2D eigenvalue weighted by molar-refractivity contribution is 5.47. The Hall–Kier alpha value is -3.78. The van der Waals surface area contributed by atoms with E-state index in [1.54, 1.807) is 6.20 Å². The van der Waals surface area contributed by atoms with E-state index in [2.05, 4.69) is 41.4 Å². The van der Waals surface area contributed by atoms with Crippen LogP contribution in [0.25, 0.3) is 0 Å². The van der Waals surface area contributed by atoms with Crippen LogP contribution in [0.2, 0.25) is 0 Å². The molecule has 7 nitrogen and oxygen atoms in total. The molecule has 0 radical (unpaired) electrons. The van der Waals surface area contributed by atoms with Crippen molar-refractivity contribution in [1.29, 1.82) is 0 Å². The van der Waals surface area contributed by atoms with Crippen LogP contribution in [-0.4, -0.2) is 35.0 Å². The molecule has 1 N–H and O–H groups in total. The van der Waals surface area contributed by atoms with Gasteiger partial charge in [0, 0.05) is 24.8 Å². The van der Waals surface area contributed by atoms with Crippen molar-refractivity contribution in [3.63, 3.8) is 0 Å². The van der Waals surface area contributed by atoms with E-state index in [9.17, 15) is 9.59 Å². The molecule has 7 heteroatoms. The van der Waals surface area contributed by atoms with Gasteiger partial charge < -0.3 is 14.2 Å². The summed E-state index contributed by atoms with van der Waals surface area (Å²) in [5.41, 5.74) is 1.76. The molecule has 0 saturated carbocycles. The Balaban J connectivity index is 1.52. The highest BCUT2D eigenvalue weighted by Crippen LogP contribution is 2.41. The Morgan fingerprint density at radius 3 is 1.90 bits per heavy atom. The van der Waals surface area contributed by atoms with E-state index in [4.69, 9.17) is 14.2 Å². The molecule has 0 amide bonds. The first-order valence-electron chi connectivity index (χ1n) is 13.5. The lowest BCUT2D eigenvalue weighted by Gasteiger charge is -2.37. The first-order chi connectivity index (χ1) is 19.1. The Morgan fingerprint density at radius 2 is 1.41 bits per heavy atom. The van der Waals surface area contributed by atoms with E-state index in [0.29, 0.717) is 25.0 Å². The van der Waals surface area contributed by atoms with Gasteiger partial charge in [-0.1, -0.05) is 97.9 Å². The van der Waals surface area contributed by atoms with Gasteiger partial charge in [0.05, 0.1) is 12.7 Å². The molecule has 5 rings (SSSR count). The first kappa shape index (κ1) is 26.8. The van der Waals surface area contributed by atoms with Crippen LogP contribution in [0, 0.1) is 0 Å². The number of rotatable bonds is 10. The maximum atomic E-state index is 12.7. The fourth-order valence-corrected chi connectivity index (χ4v) is 5.38. The fourth-order valence-electron chi connectivity index (χ4n) is 5.38. The highest BCUT2D eigenvalue weighted by atomic mass is 16.6. The molecular formula is C32H34N2O5. The van der Waals surface area contributed by atoms with Crippen LogP contribution in [-0.2, 0) is 26.2 Å². The fraction of sp³-hybridized carbons (Fsp3) is 0.312. The van der Waals surface area contributed by atoms with Crippen molar-refractivity contribution in [1.82, 2.24) is 9.55 Å². The predicted octanol–water partition coefficient (Wildman–Crippen LogP) is 4.80. The first-order valence-corrected chi connectivity index (χ1v) is 13.5. The summed E-state index contributed by atoms with van der Waals surface area (Å²) in [6.07, 6.45) is 1.27. The number of H-pyrrole nitrogens is 1. The van der Waals surface area contributed by atoms with E-state index >= 15 is 0 Å². The second-order valence-corrected chi connectivity index (χ2v) is 9.62. The van der Waals surface area contributed by atoms with Crippen LogP contribution >= 0.6 is 0 Å². The number of nitrogens with zero attached hydrogens (tertiary/aromatic N) is 1. The number of nitrogens with one attached hydrogen (secondary N) is 1. The number of aromatic amines is 1. The monoisotopic (exact) mass is 526 g/mol. The average Bonchev–Trinajstić information content (AvgIpc) is 3.37. The quantitative estimate of drug-likeness (QED) is 0.300. The smallest absolute Gasteiger partial charge is 0.330 e. The van der Waals surface area contributed by atoms with E-state index in [1.165, 1.54) is 4.57 Å². The van der Waals surface area contributed by atoms with E-state index in [-0.39, 0.29) is 18.3 Å². The SMILES string of the molecule is CCOC1C[C@@H](n2cc(CC)c(=O)[nH]c2=O)O[C@H]1COC(c1ccccc1)(c1ccccc1)c1ccccc1. The second kappa shape index (κ2) is 11.9. The summed E-state index contributed by atoms with van der Waals surface area (Å²) in [6.45, 7) is 4.54. The van der Waals surface area contributed by atoms with Crippen molar-refractivity contribution >= 4 is 0 Å². The zero-order valence-electron chi connectivity index (χ0n) is 22.3. The molecule has 0 aliphatic carbocycles. The summed E-state index contributed by atoms with van der Waals surface area (Å²) >= 11 is 0. The highest BCUT2D eigenvalue weighted by Gasteiger charge is 2.42. The summed E-state index contributed by atoms with van der Waals surface area (Å²) in [7, 11) is 0. The summed E-state index contributed by atoms with van der Waals surface area (Å²) < 4.78 is 20.9. The minimum absolute atomic E-state index is 0.221. The number of aromatic nitrogens is 2. The average molecular weight is 527 g/mol. The summed E-state index contributed by atoms with van der Waals surface area (Å²) in [4.78, 5) is 27.2. The van der Waals surface area contributed by atoms with Crippen LogP contribution in [0.1, 0.15) is 48.8 Å². The van der Waals surface area contributed by atoms with E-state index in [1.807, 2.05) is 68.4 Å². The molecule has 4 aromatic rings. The van der Waals surface area contributed by atoms with Crippen molar-refractivity contribution in [3.05, 3.63) is 140 Å². The van der Waals surface area contributed by atoms with Crippen LogP contribution in [0.15, 0.2) is 107 Å². The molecule has 1 aliphatic rings. The van der Waals surface area contributed by atoms with Crippen LogP contribution in [0.5, 0.6) is 0 Å². The Bertz CT molecular complexity index is 1370. The zero-order chi connectivity index (χ0) is 27.2. The molecular weight excluding hydrogens is 492 g/mol. The van der Waals surface area contributed by atoms with Crippen molar-refractivity contribution in [3.8, 4) is 0 Å². The molecule has 1 aromatic heterocycles. The Kier molecular flexibility index (Phi) is 8.21. The molecule has 1 unspecified atom stereocenters. The van der Waals surface area contributed by atoms with Gasteiger partial charge in [0.25, 0.3) is 5.56 Å². The van der Waals surface area contributed by atoms with Gasteiger partial charge in [-0.2, -0.15) is 0 Å². The third kappa shape index (κ3) is 5.39. The molecule has 2 heterocycles. The lowest BCUT2D eigenvalue weighted by atomic mass is 9.80. The van der Waals surface area contributed by atoms with Gasteiger partial charge in [0.1, 0.15) is 17.9 Å². The molecule has 39 heavy (non-hydrogen) atoms.